The molecule has 2 aromatic rings. The summed E-state index contributed by atoms with van der Waals surface area (Å²) in [6.45, 7) is 2.14. The molecule has 0 spiro atoms. The number of halogens is 2. The van der Waals surface area contributed by atoms with Crippen molar-refractivity contribution in [2.75, 3.05) is 24.3 Å². The van der Waals surface area contributed by atoms with Gasteiger partial charge in [-0.25, -0.2) is 0 Å². The molecule has 2 rings (SSSR count). The van der Waals surface area contributed by atoms with Gasteiger partial charge in [0.25, 0.3) is 0 Å². The SMILES string of the molecule is COc1ccc(Cl)cc1NC(=O)CNc1ccc(Br)c(C)c1. The normalized spacial score (nSPS) is 10.2. The van der Waals surface area contributed by atoms with Gasteiger partial charge in [-0.15, -0.1) is 0 Å². The molecule has 0 saturated carbocycles. The van der Waals surface area contributed by atoms with Crippen molar-refractivity contribution in [2.24, 2.45) is 0 Å². The van der Waals surface area contributed by atoms with E-state index in [-0.39, 0.29) is 12.5 Å². The molecular formula is C16H16BrClN2O2. The van der Waals surface area contributed by atoms with Gasteiger partial charge in [-0.05, 0) is 48.9 Å². The van der Waals surface area contributed by atoms with E-state index in [1.54, 1.807) is 25.3 Å². The van der Waals surface area contributed by atoms with Crippen molar-refractivity contribution in [3.63, 3.8) is 0 Å². The molecule has 0 bridgehead atoms. The number of carbonyl (C=O) groups excluding carboxylic acids is 1. The van der Waals surface area contributed by atoms with E-state index in [1.807, 2.05) is 25.1 Å². The Morgan fingerprint density at radius 2 is 2.05 bits per heavy atom. The molecule has 0 radical (unpaired) electrons. The lowest BCUT2D eigenvalue weighted by atomic mass is 10.2. The summed E-state index contributed by atoms with van der Waals surface area (Å²) in [6.07, 6.45) is 0. The number of methoxy groups -OCH3 is 1. The Labute approximate surface area is 142 Å². The predicted octanol–water partition coefficient (Wildman–Crippen LogP) is 4.47. The number of ether oxygens (including phenoxy) is 1. The second-order valence-corrected chi connectivity index (χ2v) is 6.00. The molecule has 1 amide bonds. The Hall–Kier alpha value is -1.72. The summed E-state index contributed by atoms with van der Waals surface area (Å²) in [6, 6.07) is 10.9. The predicted molar refractivity (Wildman–Crippen MR) is 94.0 cm³/mol. The molecule has 116 valence electrons. The second-order valence-electron chi connectivity index (χ2n) is 4.71. The van der Waals surface area contributed by atoms with Crippen LogP contribution in [0.1, 0.15) is 5.56 Å². The lowest BCUT2D eigenvalue weighted by molar-refractivity contribution is -0.114. The van der Waals surface area contributed by atoms with Crippen LogP contribution in [0.4, 0.5) is 11.4 Å². The molecule has 0 saturated heterocycles. The van der Waals surface area contributed by atoms with Crippen molar-refractivity contribution in [3.8, 4) is 5.75 Å². The third kappa shape index (κ3) is 4.39. The molecule has 0 aliphatic rings. The van der Waals surface area contributed by atoms with Crippen LogP contribution in [0.15, 0.2) is 40.9 Å². The number of aryl methyl sites for hydroxylation is 1. The fourth-order valence-electron chi connectivity index (χ4n) is 1.91. The average molecular weight is 384 g/mol. The van der Waals surface area contributed by atoms with Gasteiger partial charge in [-0.3, -0.25) is 4.79 Å². The quantitative estimate of drug-likeness (QED) is 0.801. The minimum atomic E-state index is -0.180. The minimum Gasteiger partial charge on any atom is -0.495 e. The average Bonchev–Trinajstić information content (AvgIpc) is 2.49. The van der Waals surface area contributed by atoms with Crippen LogP contribution in [0, 0.1) is 6.92 Å². The van der Waals surface area contributed by atoms with Crippen LogP contribution in [0.2, 0.25) is 5.02 Å². The number of anilines is 2. The van der Waals surface area contributed by atoms with Gasteiger partial charge in [0.2, 0.25) is 5.91 Å². The Kier molecular flexibility index (Phi) is 5.69. The van der Waals surface area contributed by atoms with Gasteiger partial charge < -0.3 is 15.4 Å². The highest BCUT2D eigenvalue weighted by atomic mass is 79.9. The molecule has 2 aromatic carbocycles. The Bertz CT molecular complexity index is 692. The number of hydrogen-bond acceptors (Lipinski definition) is 3. The van der Waals surface area contributed by atoms with Crippen LogP contribution < -0.4 is 15.4 Å². The first kappa shape index (κ1) is 16.6. The minimum absolute atomic E-state index is 0.150. The van der Waals surface area contributed by atoms with E-state index in [1.165, 1.54) is 0 Å². The second kappa shape index (κ2) is 7.51. The third-order valence-electron chi connectivity index (χ3n) is 3.05. The van der Waals surface area contributed by atoms with Gasteiger partial charge in [0.15, 0.2) is 0 Å². The lowest BCUT2D eigenvalue weighted by Gasteiger charge is -2.12. The smallest absolute Gasteiger partial charge is 0.243 e. The van der Waals surface area contributed by atoms with Crippen molar-refractivity contribution in [2.45, 2.75) is 6.92 Å². The molecule has 0 aliphatic heterocycles. The molecule has 0 atom stereocenters. The monoisotopic (exact) mass is 382 g/mol. The summed E-state index contributed by atoms with van der Waals surface area (Å²) in [4.78, 5) is 12.0. The van der Waals surface area contributed by atoms with Crippen LogP contribution in [0.5, 0.6) is 5.75 Å². The van der Waals surface area contributed by atoms with E-state index >= 15 is 0 Å². The van der Waals surface area contributed by atoms with Crippen molar-refractivity contribution >= 4 is 44.8 Å². The first-order chi connectivity index (χ1) is 10.5. The van der Waals surface area contributed by atoms with E-state index < -0.39 is 0 Å². The third-order valence-corrected chi connectivity index (χ3v) is 4.17. The van der Waals surface area contributed by atoms with Crippen molar-refractivity contribution in [1.82, 2.24) is 0 Å². The molecule has 0 aliphatic carbocycles. The zero-order chi connectivity index (χ0) is 16.1. The van der Waals surface area contributed by atoms with Gasteiger partial charge in [-0.1, -0.05) is 27.5 Å². The van der Waals surface area contributed by atoms with Crippen molar-refractivity contribution < 1.29 is 9.53 Å². The number of nitrogens with one attached hydrogen (secondary N) is 2. The molecule has 0 fully saturated rings. The Morgan fingerprint density at radius 1 is 1.27 bits per heavy atom. The molecule has 6 heteroatoms. The highest BCUT2D eigenvalue weighted by molar-refractivity contribution is 9.10. The highest BCUT2D eigenvalue weighted by Crippen LogP contribution is 2.27. The standard InChI is InChI=1S/C16H16BrClN2O2/c1-10-7-12(4-5-13(10)17)19-9-16(21)20-14-8-11(18)3-6-15(14)22-2/h3-8,19H,9H2,1-2H3,(H,20,21). The molecule has 0 aromatic heterocycles. The van der Waals surface area contributed by atoms with E-state index in [0.29, 0.717) is 16.5 Å². The molecule has 22 heavy (non-hydrogen) atoms. The van der Waals surface area contributed by atoms with Gasteiger partial charge in [-0.2, -0.15) is 0 Å². The van der Waals surface area contributed by atoms with Crippen molar-refractivity contribution in [1.29, 1.82) is 0 Å². The molecule has 4 nitrogen and oxygen atoms in total. The van der Waals surface area contributed by atoms with Crippen LogP contribution in [0.3, 0.4) is 0 Å². The van der Waals surface area contributed by atoms with Gasteiger partial charge in [0, 0.05) is 15.2 Å². The Balaban J connectivity index is 1.98. The molecule has 2 N–H and O–H groups in total. The van der Waals surface area contributed by atoms with Crippen LogP contribution in [0.25, 0.3) is 0 Å². The van der Waals surface area contributed by atoms with Crippen LogP contribution in [-0.4, -0.2) is 19.6 Å². The fraction of sp³-hybridized carbons (Fsp3) is 0.188. The first-order valence-electron chi connectivity index (χ1n) is 6.63. The van der Waals surface area contributed by atoms with Gasteiger partial charge >= 0.3 is 0 Å². The maximum absolute atomic E-state index is 12.0. The van der Waals surface area contributed by atoms with E-state index in [2.05, 4.69) is 26.6 Å². The topological polar surface area (TPSA) is 50.4 Å². The lowest BCUT2D eigenvalue weighted by Crippen LogP contribution is -2.22. The van der Waals surface area contributed by atoms with Crippen molar-refractivity contribution in [3.05, 3.63) is 51.5 Å². The summed E-state index contributed by atoms with van der Waals surface area (Å²) in [7, 11) is 1.54. The first-order valence-corrected chi connectivity index (χ1v) is 7.80. The molecule has 0 heterocycles. The molecule has 0 unspecified atom stereocenters. The number of rotatable bonds is 5. The zero-order valence-electron chi connectivity index (χ0n) is 12.2. The summed E-state index contributed by atoms with van der Waals surface area (Å²) in [5.74, 6) is 0.387. The molecular weight excluding hydrogens is 368 g/mol. The largest absolute Gasteiger partial charge is 0.495 e. The maximum Gasteiger partial charge on any atom is 0.243 e. The summed E-state index contributed by atoms with van der Waals surface area (Å²) in [5, 5.41) is 6.39. The summed E-state index contributed by atoms with van der Waals surface area (Å²) < 4.78 is 6.23. The number of amides is 1. The summed E-state index contributed by atoms with van der Waals surface area (Å²) >= 11 is 9.38. The van der Waals surface area contributed by atoms with E-state index in [9.17, 15) is 4.79 Å². The van der Waals surface area contributed by atoms with Crippen LogP contribution in [-0.2, 0) is 4.79 Å². The number of benzene rings is 2. The highest BCUT2D eigenvalue weighted by Gasteiger charge is 2.08. The maximum atomic E-state index is 12.0. The Morgan fingerprint density at radius 3 is 2.73 bits per heavy atom. The van der Waals surface area contributed by atoms with E-state index in [0.717, 1.165) is 15.7 Å². The zero-order valence-corrected chi connectivity index (χ0v) is 14.6. The number of hydrogen-bond donors (Lipinski definition) is 2. The fourth-order valence-corrected chi connectivity index (χ4v) is 2.33. The van der Waals surface area contributed by atoms with Gasteiger partial charge in [0.05, 0.1) is 19.3 Å². The van der Waals surface area contributed by atoms with Crippen LogP contribution >= 0.6 is 27.5 Å². The number of carbonyl (C=O) groups is 1. The van der Waals surface area contributed by atoms with Gasteiger partial charge in [0.1, 0.15) is 5.75 Å². The van der Waals surface area contributed by atoms with E-state index in [4.69, 9.17) is 16.3 Å². The summed E-state index contributed by atoms with van der Waals surface area (Å²) in [5.41, 5.74) is 2.53.